The highest BCUT2D eigenvalue weighted by atomic mass is 15.2. The Morgan fingerprint density at radius 1 is 0.600 bits per heavy atom. The molecule has 6 aromatic carbocycles. The summed E-state index contributed by atoms with van der Waals surface area (Å²) in [6, 6.07) is 43.7. The van der Waals surface area contributed by atoms with Crippen LogP contribution in [0.1, 0.15) is 11.7 Å². The molecule has 0 bridgehead atoms. The van der Waals surface area contributed by atoms with E-state index >= 15 is 0 Å². The van der Waals surface area contributed by atoms with Crippen LogP contribution in [-0.2, 0) is 0 Å². The van der Waals surface area contributed by atoms with Gasteiger partial charge in [0, 0.05) is 32.8 Å². The fourth-order valence-corrected chi connectivity index (χ4v) is 7.26. The van der Waals surface area contributed by atoms with Crippen LogP contribution in [0, 0.1) is 0 Å². The minimum atomic E-state index is -0.0723. The maximum absolute atomic E-state index is 5.36. The van der Waals surface area contributed by atoms with E-state index in [1.807, 2.05) is 0 Å². The number of nitrogens with zero attached hydrogens (tertiary/aromatic N) is 3. The van der Waals surface area contributed by atoms with Crippen molar-refractivity contribution in [2.24, 2.45) is 4.99 Å². The second kappa shape index (κ2) is 7.19. The van der Waals surface area contributed by atoms with E-state index in [2.05, 4.69) is 136 Å². The zero-order valence-corrected chi connectivity index (χ0v) is 21.5. The summed E-state index contributed by atoms with van der Waals surface area (Å²) in [5.41, 5.74) is 10.4. The van der Waals surface area contributed by atoms with E-state index < -0.39 is 0 Å². The van der Waals surface area contributed by atoms with Crippen molar-refractivity contribution in [2.45, 2.75) is 6.17 Å². The summed E-state index contributed by atoms with van der Waals surface area (Å²) >= 11 is 0. The van der Waals surface area contributed by atoms with Crippen molar-refractivity contribution in [1.82, 2.24) is 9.13 Å². The Labute approximate surface area is 229 Å². The monoisotopic (exact) mass is 510 g/mol. The van der Waals surface area contributed by atoms with Gasteiger partial charge in [0.15, 0.2) is 0 Å². The Morgan fingerprint density at radius 3 is 2.30 bits per heavy atom. The van der Waals surface area contributed by atoms with Gasteiger partial charge in [0.2, 0.25) is 0 Å². The molecule has 10 rings (SSSR count). The average molecular weight is 511 g/mol. The Balaban J connectivity index is 1.51. The molecule has 8 aromatic rings. The smallest absolute Gasteiger partial charge is 0.148 e. The second-order valence-corrected chi connectivity index (χ2v) is 10.8. The van der Waals surface area contributed by atoms with Gasteiger partial charge in [0.25, 0.3) is 0 Å². The molecule has 2 aliphatic heterocycles. The normalized spacial score (nSPS) is 15.6. The summed E-state index contributed by atoms with van der Waals surface area (Å²) in [5.74, 6) is 0. The molecule has 4 heterocycles. The number of fused-ring (bicyclic) bond motifs is 13. The Kier molecular flexibility index (Phi) is 3.70. The molecule has 0 saturated heterocycles. The summed E-state index contributed by atoms with van der Waals surface area (Å²) in [6.45, 7) is 0. The maximum atomic E-state index is 5.36. The number of benzene rings is 6. The molecule has 0 fully saturated rings. The van der Waals surface area contributed by atoms with Gasteiger partial charge in [-0.1, -0.05) is 78.9 Å². The number of para-hydroxylation sites is 4. The molecule has 2 aliphatic rings. The molecular formula is C36H22N4. The first-order chi connectivity index (χ1) is 19.9. The van der Waals surface area contributed by atoms with Crippen molar-refractivity contribution in [3.8, 4) is 5.69 Å². The summed E-state index contributed by atoms with van der Waals surface area (Å²) in [5, 5.41) is 11.5. The number of hydrogen-bond acceptors (Lipinski definition) is 2. The molecule has 0 saturated carbocycles. The van der Waals surface area contributed by atoms with Crippen LogP contribution >= 0.6 is 0 Å². The maximum Gasteiger partial charge on any atom is 0.148 e. The predicted molar refractivity (Wildman–Crippen MR) is 167 cm³/mol. The van der Waals surface area contributed by atoms with Crippen LogP contribution < -0.4 is 5.32 Å². The highest BCUT2D eigenvalue weighted by molar-refractivity contribution is 6.35. The molecule has 4 heteroatoms. The molecular weight excluding hydrogens is 488 g/mol. The first-order valence-corrected chi connectivity index (χ1v) is 13.8. The van der Waals surface area contributed by atoms with Gasteiger partial charge in [0.1, 0.15) is 6.17 Å². The van der Waals surface area contributed by atoms with Crippen molar-refractivity contribution in [1.29, 1.82) is 0 Å². The minimum Gasteiger partial charge on any atom is -0.358 e. The van der Waals surface area contributed by atoms with Crippen LogP contribution in [0.5, 0.6) is 0 Å². The van der Waals surface area contributed by atoms with Gasteiger partial charge in [-0.3, -0.25) is 0 Å². The predicted octanol–water partition coefficient (Wildman–Crippen LogP) is 9.10. The third kappa shape index (κ3) is 2.40. The molecule has 186 valence electrons. The Hall–Kier alpha value is -5.35. The molecule has 2 aromatic heterocycles. The number of hydrogen-bond donors (Lipinski definition) is 1. The Morgan fingerprint density at radius 2 is 1.38 bits per heavy atom. The summed E-state index contributed by atoms with van der Waals surface area (Å²) in [6.07, 6.45) is -0.0723. The van der Waals surface area contributed by atoms with Gasteiger partial charge in [-0.2, -0.15) is 0 Å². The number of aliphatic imine (C=N–C) groups is 1. The van der Waals surface area contributed by atoms with Crippen LogP contribution in [-0.4, -0.2) is 14.8 Å². The lowest BCUT2D eigenvalue weighted by Crippen LogP contribution is -2.25. The zero-order chi connectivity index (χ0) is 25.9. The molecule has 0 spiro atoms. The summed E-state index contributed by atoms with van der Waals surface area (Å²) in [7, 11) is 0. The van der Waals surface area contributed by atoms with E-state index in [4.69, 9.17) is 4.99 Å². The molecule has 1 N–H and O–H groups in total. The Bertz CT molecular complexity index is 2410. The van der Waals surface area contributed by atoms with Crippen LogP contribution in [0.4, 0.5) is 11.4 Å². The number of aromatic nitrogens is 2. The van der Waals surface area contributed by atoms with Crippen molar-refractivity contribution >= 4 is 71.5 Å². The highest BCUT2D eigenvalue weighted by Gasteiger charge is 2.38. The quantitative estimate of drug-likeness (QED) is 0.235. The van der Waals surface area contributed by atoms with E-state index in [1.54, 1.807) is 0 Å². The number of nitrogens with one attached hydrogen (secondary N) is 1. The molecule has 4 nitrogen and oxygen atoms in total. The third-order valence-electron chi connectivity index (χ3n) is 8.83. The lowest BCUT2D eigenvalue weighted by Gasteiger charge is -2.25. The first-order valence-electron chi connectivity index (χ1n) is 13.8. The van der Waals surface area contributed by atoms with E-state index in [-0.39, 0.29) is 6.17 Å². The molecule has 40 heavy (non-hydrogen) atoms. The van der Waals surface area contributed by atoms with Gasteiger partial charge < -0.3 is 14.5 Å². The fraction of sp³-hybridized carbons (Fsp3) is 0.0278. The largest absolute Gasteiger partial charge is 0.358 e. The van der Waals surface area contributed by atoms with Crippen LogP contribution in [0.25, 0.3) is 60.1 Å². The number of anilines is 1. The van der Waals surface area contributed by atoms with Crippen LogP contribution in [0.3, 0.4) is 0 Å². The van der Waals surface area contributed by atoms with Gasteiger partial charge >= 0.3 is 0 Å². The van der Waals surface area contributed by atoms with Crippen LogP contribution in [0.15, 0.2) is 126 Å². The SMILES string of the molecule is c1ccc(-n2c3ccc4ccccc4c3c3cc4c5ccccc5n5c4c(c32)C2=Nc3ccccc3NC25)cc1. The van der Waals surface area contributed by atoms with Crippen molar-refractivity contribution in [2.75, 3.05) is 5.32 Å². The minimum absolute atomic E-state index is 0.0723. The molecule has 0 amide bonds. The fourth-order valence-electron chi connectivity index (χ4n) is 7.26. The third-order valence-corrected chi connectivity index (χ3v) is 8.83. The lowest BCUT2D eigenvalue weighted by atomic mass is 9.98. The van der Waals surface area contributed by atoms with E-state index in [0.29, 0.717) is 0 Å². The van der Waals surface area contributed by atoms with Crippen molar-refractivity contribution in [3.05, 3.63) is 127 Å². The van der Waals surface area contributed by atoms with Crippen LogP contribution in [0.2, 0.25) is 0 Å². The summed E-state index contributed by atoms with van der Waals surface area (Å²) in [4.78, 5) is 5.36. The summed E-state index contributed by atoms with van der Waals surface area (Å²) < 4.78 is 4.93. The molecule has 1 unspecified atom stereocenters. The second-order valence-electron chi connectivity index (χ2n) is 10.8. The van der Waals surface area contributed by atoms with Gasteiger partial charge in [-0.15, -0.1) is 0 Å². The van der Waals surface area contributed by atoms with Gasteiger partial charge in [-0.05, 0) is 53.2 Å². The van der Waals surface area contributed by atoms with Crippen molar-refractivity contribution in [3.63, 3.8) is 0 Å². The molecule has 0 aliphatic carbocycles. The van der Waals surface area contributed by atoms with Gasteiger partial charge in [-0.25, -0.2) is 4.99 Å². The van der Waals surface area contributed by atoms with E-state index in [1.165, 1.54) is 59.9 Å². The molecule has 1 atom stereocenters. The standard InChI is InChI=1S/C36H22N4/c1-2-11-22(12-3-1)39-30-19-18-21-10-4-5-13-23(21)31(30)26-20-25-24-14-6-9-17-29(24)40-34(25)32(35(26)39)33-36(40)38-28-16-8-7-15-27(28)37-33/h1-20,36,38H. The van der Waals surface area contributed by atoms with E-state index in [9.17, 15) is 0 Å². The van der Waals surface area contributed by atoms with Gasteiger partial charge in [0.05, 0.1) is 39.2 Å². The zero-order valence-electron chi connectivity index (χ0n) is 21.5. The van der Waals surface area contributed by atoms with E-state index in [0.717, 1.165) is 22.8 Å². The van der Waals surface area contributed by atoms with Crippen molar-refractivity contribution < 1.29 is 0 Å². The first kappa shape index (κ1) is 20.6. The topological polar surface area (TPSA) is 34.2 Å². The highest BCUT2D eigenvalue weighted by Crippen LogP contribution is 2.50. The average Bonchev–Trinajstić information content (AvgIpc) is 3.64. The lowest BCUT2D eigenvalue weighted by molar-refractivity contribution is 0.779. The number of rotatable bonds is 1. The molecule has 0 radical (unpaired) electrons.